The summed E-state index contributed by atoms with van der Waals surface area (Å²) in [7, 11) is 0.273. The smallest absolute Gasteiger partial charge is 0.240 e. The highest BCUT2D eigenvalue weighted by Crippen LogP contribution is 2.22. The van der Waals surface area contributed by atoms with E-state index in [1.807, 2.05) is 43.3 Å². The number of likely N-dealkylation sites (N-methyl/N-ethyl adjacent to an activating group) is 1. The van der Waals surface area contributed by atoms with Crippen molar-refractivity contribution >= 4 is 21.6 Å². The van der Waals surface area contributed by atoms with Crippen LogP contribution in [0.1, 0.15) is 17.2 Å². The zero-order valence-electron chi connectivity index (χ0n) is 13.5. The van der Waals surface area contributed by atoms with Gasteiger partial charge in [0.1, 0.15) is 0 Å². The third-order valence-electron chi connectivity index (χ3n) is 3.71. The van der Waals surface area contributed by atoms with Crippen molar-refractivity contribution < 1.29 is 8.42 Å². The summed E-state index contributed by atoms with van der Waals surface area (Å²) in [6, 6.07) is 14.3. The summed E-state index contributed by atoms with van der Waals surface area (Å²) in [4.78, 5) is 2.27. The van der Waals surface area contributed by atoms with E-state index in [9.17, 15) is 8.42 Å². The molecule has 1 atom stereocenters. The lowest BCUT2D eigenvalue weighted by molar-refractivity contribution is 0.299. The van der Waals surface area contributed by atoms with E-state index < -0.39 is 10.0 Å². The van der Waals surface area contributed by atoms with E-state index in [0.29, 0.717) is 9.92 Å². The maximum atomic E-state index is 12.5. The van der Waals surface area contributed by atoms with Crippen molar-refractivity contribution in [3.05, 3.63) is 64.7 Å². The molecule has 0 amide bonds. The molecule has 0 fully saturated rings. The lowest BCUT2D eigenvalue weighted by Gasteiger charge is -2.25. The van der Waals surface area contributed by atoms with E-state index in [-0.39, 0.29) is 12.6 Å². The van der Waals surface area contributed by atoms with Gasteiger partial charge in [-0.05, 0) is 50.3 Å². The quantitative estimate of drug-likeness (QED) is 0.868. The van der Waals surface area contributed by atoms with Gasteiger partial charge < -0.3 is 4.90 Å². The molecule has 0 aliphatic heterocycles. The molecule has 6 heteroatoms. The number of benzene rings is 2. The highest BCUT2D eigenvalue weighted by atomic mass is 35.5. The van der Waals surface area contributed by atoms with Crippen molar-refractivity contribution in [3.8, 4) is 0 Å². The minimum Gasteiger partial charge on any atom is -0.301 e. The molecule has 0 radical (unpaired) electrons. The number of nitrogens with zero attached hydrogens (tertiary/aromatic N) is 1. The van der Waals surface area contributed by atoms with E-state index in [0.717, 1.165) is 11.1 Å². The second-order valence-electron chi connectivity index (χ2n) is 5.65. The zero-order chi connectivity index (χ0) is 17.0. The molecule has 2 aromatic carbocycles. The molecule has 0 spiro atoms. The van der Waals surface area contributed by atoms with Gasteiger partial charge in [0.05, 0.1) is 4.90 Å². The van der Waals surface area contributed by atoms with Crippen LogP contribution >= 0.6 is 11.6 Å². The Labute approximate surface area is 143 Å². The highest BCUT2D eigenvalue weighted by Gasteiger charge is 2.20. The monoisotopic (exact) mass is 352 g/mol. The van der Waals surface area contributed by atoms with Crippen molar-refractivity contribution in [2.45, 2.75) is 17.9 Å². The van der Waals surface area contributed by atoms with Crippen molar-refractivity contribution in [2.75, 3.05) is 20.6 Å². The number of rotatable bonds is 6. The van der Waals surface area contributed by atoms with Gasteiger partial charge in [-0.25, -0.2) is 13.1 Å². The van der Waals surface area contributed by atoms with Crippen LogP contribution < -0.4 is 4.72 Å². The molecule has 1 unspecified atom stereocenters. The summed E-state index contributed by atoms with van der Waals surface area (Å²) in [6.07, 6.45) is 0. The Morgan fingerprint density at radius 3 is 2.43 bits per heavy atom. The summed E-state index contributed by atoms with van der Waals surface area (Å²) >= 11 is 6.04. The van der Waals surface area contributed by atoms with Crippen molar-refractivity contribution in [3.63, 3.8) is 0 Å². The van der Waals surface area contributed by atoms with Crippen LogP contribution in [-0.2, 0) is 10.0 Å². The summed E-state index contributed by atoms with van der Waals surface area (Å²) in [5.41, 5.74) is 1.69. The molecular weight excluding hydrogens is 332 g/mol. The average Bonchev–Trinajstić information content (AvgIpc) is 2.47. The molecule has 0 aliphatic carbocycles. The fourth-order valence-corrected chi connectivity index (χ4v) is 3.92. The SMILES string of the molecule is Cc1ccccc1S(=O)(=O)NCC(c1cccc(Cl)c1)N(C)C. The Bertz CT molecular complexity index is 776. The molecule has 0 heterocycles. The number of aryl methyl sites for hydroxylation is 1. The van der Waals surface area contributed by atoms with Gasteiger partial charge in [0.25, 0.3) is 0 Å². The van der Waals surface area contributed by atoms with E-state index in [4.69, 9.17) is 11.6 Å². The first-order valence-corrected chi connectivity index (χ1v) is 9.14. The first kappa shape index (κ1) is 17.9. The van der Waals surface area contributed by atoms with E-state index in [1.165, 1.54) is 0 Å². The van der Waals surface area contributed by atoms with Gasteiger partial charge in [0.15, 0.2) is 0 Å². The van der Waals surface area contributed by atoms with Gasteiger partial charge in [-0.1, -0.05) is 41.9 Å². The highest BCUT2D eigenvalue weighted by molar-refractivity contribution is 7.89. The maximum absolute atomic E-state index is 12.5. The summed E-state index contributed by atoms with van der Waals surface area (Å²) in [6.45, 7) is 2.05. The van der Waals surface area contributed by atoms with Crippen LogP contribution in [0.25, 0.3) is 0 Å². The third kappa shape index (κ3) is 4.54. The van der Waals surface area contributed by atoms with E-state index in [1.54, 1.807) is 31.2 Å². The molecule has 124 valence electrons. The van der Waals surface area contributed by atoms with Crippen LogP contribution in [0.4, 0.5) is 0 Å². The van der Waals surface area contributed by atoms with Gasteiger partial charge in [-0.2, -0.15) is 0 Å². The normalized spacial score (nSPS) is 13.3. The Morgan fingerprint density at radius 2 is 1.83 bits per heavy atom. The van der Waals surface area contributed by atoms with E-state index in [2.05, 4.69) is 4.72 Å². The van der Waals surface area contributed by atoms with Crippen LogP contribution in [0.15, 0.2) is 53.4 Å². The Hall–Kier alpha value is -1.40. The number of hydrogen-bond donors (Lipinski definition) is 1. The van der Waals surface area contributed by atoms with Crippen LogP contribution in [0.2, 0.25) is 5.02 Å². The van der Waals surface area contributed by atoms with Gasteiger partial charge in [0, 0.05) is 17.6 Å². The molecule has 2 aromatic rings. The van der Waals surface area contributed by atoms with Gasteiger partial charge in [-0.3, -0.25) is 0 Å². The lowest BCUT2D eigenvalue weighted by atomic mass is 10.1. The van der Waals surface area contributed by atoms with Crippen molar-refractivity contribution in [2.24, 2.45) is 0 Å². The average molecular weight is 353 g/mol. The minimum absolute atomic E-state index is 0.104. The van der Waals surface area contributed by atoms with Crippen LogP contribution in [0, 0.1) is 6.92 Å². The summed E-state index contributed by atoms with van der Waals surface area (Å²) in [5.74, 6) is 0. The first-order chi connectivity index (χ1) is 10.8. The second-order valence-corrected chi connectivity index (χ2v) is 7.82. The number of hydrogen-bond acceptors (Lipinski definition) is 3. The molecule has 4 nitrogen and oxygen atoms in total. The van der Waals surface area contributed by atoms with Gasteiger partial charge >= 0.3 is 0 Å². The largest absolute Gasteiger partial charge is 0.301 e. The molecule has 0 saturated heterocycles. The van der Waals surface area contributed by atoms with Crippen LogP contribution in [0.3, 0.4) is 0 Å². The Balaban J connectivity index is 2.21. The maximum Gasteiger partial charge on any atom is 0.240 e. The molecule has 1 N–H and O–H groups in total. The number of sulfonamides is 1. The van der Waals surface area contributed by atoms with Gasteiger partial charge in [0.2, 0.25) is 10.0 Å². The first-order valence-electron chi connectivity index (χ1n) is 7.28. The molecular formula is C17H21ClN2O2S. The van der Waals surface area contributed by atoms with Gasteiger partial charge in [-0.15, -0.1) is 0 Å². The summed E-state index contributed by atoms with van der Waals surface area (Å²) in [5, 5.41) is 0.635. The van der Waals surface area contributed by atoms with Crippen LogP contribution in [-0.4, -0.2) is 34.0 Å². The fourth-order valence-electron chi connectivity index (χ4n) is 2.44. The fraction of sp³-hybridized carbons (Fsp3) is 0.294. The number of halogens is 1. The topological polar surface area (TPSA) is 49.4 Å². The number of nitrogens with one attached hydrogen (secondary N) is 1. The molecule has 0 aliphatic rings. The molecule has 0 aromatic heterocycles. The second kappa shape index (κ2) is 7.45. The standard InChI is InChI=1S/C17H21ClN2O2S/c1-13-7-4-5-10-17(13)23(21,22)19-12-16(20(2)3)14-8-6-9-15(18)11-14/h4-11,16,19H,12H2,1-3H3. The van der Waals surface area contributed by atoms with Crippen LogP contribution in [0.5, 0.6) is 0 Å². The molecule has 0 saturated carbocycles. The molecule has 2 rings (SSSR count). The van der Waals surface area contributed by atoms with Crippen molar-refractivity contribution in [1.29, 1.82) is 0 Å². The van der Waals surface area contributed by atoms with E-state index >= 15 is 0 Å². The predicted octanol–water partition coefficient (Wildman–Crippen LogP) is 3.23. The summed E-state index contributed by atoms with van der Waals surface area (Å²) < 4.78 is 27.7. The third-order valence-corrected chi connectivity index (χ3v) is 5.53. The minimum atomic E-state index is -3.55. The zero-order valence-corrected chi connectivity index (χ0v) is 15.0. The van der Waals surface area contributed by atoms with Crippen molar-refractivity contribution in [1.82, 2.24) is 9.62 Å². The molecule has 23 heavy (non-hydrogen) atoms. The Morgan fingerprint density at radius 1 is 1.13 bits per heavy atom. The lowest BCUT2D eigenvalue weighted by Crippen LogP contribution is -2.34. The molecule has 0 bridgehead atoms. The Kier molecular flexibility index (Phi) is 5.81. The predicted molar refractivity (Wildman–Crippen MR) is 94.2 cm³/mol.